The number of ether oxygens (including phenoxy) is 2. The van der Waals surface area contributed by atoms with Gasteiger partial charge >= 0.3 is 5.97 Å². The molecule has 182 valence electrons. The van der Waals surface area contributed by atoms with Crippen LogP contribution in [-0.4, -0.2) is 36.0 Å². The number of amidine groups is 1. The fourth-order valence-corrected chi connectivity index (χ4v) is 3.55. The Morgan fingerprint density at radius 3 is 2.43 bits per heavy atom. The van der Waals surface area contributed by atoms with Gasteiger partial charge in [-0.15, -0.1) is 0 Å². The fraction of sp³-hybridized carbons (Fsp3) is 0.160. The summed E-state index contributed by atoms with van der Waals surface area (Å²) in [7, 11) is 0. The lowest BCUT2D eigenvalue weighted by Gasteiger charge is -2.17. The molecule has 0 saturated carbocycles. The van der Waals surface area contributed by atoms with Gasteiger partial charge in [0.2, 0.25) is 0 Å². The first-order valence-electron chi connectivity index (χ1n) is 10.7. The number of hydrogen-bond acceptors (Lipinski definition) is 6. The number of amides is 1. The van der Waals surface area contributed by atoms with Crippen molar-refractivity contribution in [3.8, 4) is 11.5 Å². The molecule has 9 nitrogen and oxygen atoms in total. The van der Waals surface area contributed by atoms with Crippen LogP contribution in [0.15, 0.2) is 60.7 Å². The van der Waals surface area contributed by atoms with E-state index in [1.54, 1.807) is 60.7 Å². The van der Waals surface area contributed by atoms with E-state index in [-0.39, 0.29) is 23.0 Å². The van der Waals surface area contributed by atoms with E-state index in [9.17, 15) is 9.59 Å². The summed E-state index contributed by atoms with van der Waals surface area (Å²) in [5, 5.41) is 22.7. The second kappa shape index (κ2) is 11.8. The first-order chi connectivity index (χ1) is 16.8. The molecule has 3 aromatic carbocycles. The molecular formula is C25H25ClN4O5. The molecule has 0 spiro atoms. The number of para-hydroxylation sites is 1. The molecule has 3 aromatic rings. The molecule has 6 N–H and O–H groups in total. The number of carbonyl (C=O) groups excluding carboxylic acids is 1. The number of nitrogens with two attached hydrogens (primary N) is 1. The van der Waals surface area contributed by atoms with E-state index < -0.39 is 18.5 Å². The van der Waals surface area contributed by atoms with Gasteiger partial charge in [0.15, 0.2) is 18.1 Å². The number of nitrogens with one attached hydrogen (secondary N) is 3. The van der Waals surface area contributed by atoms with Crippen LogP contribution in [0, 0.1) is 5.41 Å². The van der Waals surface area contributed by atoms with Gasteiger partial charge in [-0.05, 0) is 49.4 Å². The molecule has 0 atom stereocenters. The van der Waals surface area contributed by atoms with Gasteiger partial charge in [-0.3, -0.25) is 10.2 Å². The normalized spacial score (nSPS) is 10.3. The third kappa shape index (κ3) is 6.64. The smallest absolute Gasteiger partial charge is 0.341 e. The third-order valence-electron chi connectivity index (χ3n) is 4.86. The van der Waals surface area contributed by atoms with Crippen LogP contribution in [0.1, 0.15) is 28.4 Å². The summed E-state index contributed by atoms with van der Waals surface area (Å²) in [6.45, 7) is 1.89. The van der Waals surface area contributed by atoms with Gasteiger partial charge in [0, 0.05) is 29.0 Å². The average Bonchev–Trinajstić information content (AvgIpc) is 2.82. The minimum absolute atomic E-state index is 0.0689. The van der Waals surface area contributed by atoms with Gasteiger partial charge in [-0.2, -0.15) is 0 Å². The lowest BCUT2D eigenvalue weighted by molar-refractivity contribution is -0.139. The lowest BCUT2D eigenvalue weighted by atomic mass is 10.1. The highest BCUT2D eigenvalue weighted by molar-refractivity contribution is 6.35. The standard InChI is InChI=1S/C25H25ClN4O5/c1-2-34-20-8-3-5-16(23(20)35-14-21(31)32)13-29-19-7-4-6-18(26)22(19)25(33)30-17-11-9-15(10-12-17)24(27)28/h3-12,29H,2,13-14H2,1H3,(H3,27,28)(H,30,33)(H,31,32). The Labute approximate surface area is 207 Å². The van der Waals surface area contributed by atoms with Crippen molar-refractivity contribution in [1.82, 2.24) is 0 Å². The van der Waals surface area contributed by atoms with Crippen molar-refractivity contribution >= 4 is 40.7 Å². The average molecular weight is 497 g/mol. The summed E-state index contributed by atoms with van der Waals surface area (Å²) in [6.07, 6.45) is 0. The molecule has 0 saturated heterocycles. The Balaban J connectivity index is 1.83. The number of aliphatic carboxylic acids is 1. The van der Waals surface area contributed by atoms with Crippen LogP contribution in [0.5, 0.6) is 11.5 Å². The second-order valence-corrected chi connectivity index (χ2v) is 7.73. The number of hydrogen-bond donors (Lipinski definition) is 5. The summed E-state index contributed by atoms with van der Waals surface area (Å²) in [5.41, 5.74) is 7.88. The van der Waals surface area contributed by atoms with E-state index in [1.165, 1.54) is 0 Å². The molecule has 3 rings (SSSR count). The Morgan fingerprint density at radius 1 is 1.06 bits per heavy atom. The minimum Gasteiger partial charge on any atom is -0.490 e. The van der Waals surface area contributed by atoms with Crippen LogP contribution in [0.25, 0.3) is 0 Å². The van der Waals surface area contributed by atoms with Crippen LogP contribution >= 0.6 is 11.6 Å². The van der Waals surface area contributed by atoms with Crippen molar-refractivity contribution in [3.63, 3.8) is 0 Å². The highest BCUT2D eigenvalue weighted by atomic mass is 35.5. The zero-order valence-corrected chi connectivity index (χ0v) is 19.7. The van der Waals surface area contributed by atoms with E-state index in [4.69, 9.17) is 37.3 Å². The summed E-state index contributed by atoms with van der Waals surface area (Å²) in [4.78, 5) is 24.1. The number of carboxylic acid groups (broad SMARTS) is 1. The summed E-state index contributed by atoms with van der Waals surface area (Å²) in [6, 6.07) is 16.8. The minimum atomic E-state index is -1.11. The number of rotatable bonds is 11. The largest absolute Gasteiger partial charge is 0.490 e. The summed E-state index contributed by atoms with van der Waals surface area (Å²) >= 11 is 6.37. The molecule has 1 amide bonds. The number of nitrogen functional groups attached to an aromatic ring is 1. The molecule has 35 heavy (non-hydrogen) atoms. The van der Waals surface area contributed by atoms with E-state index >= 15 is 0 Å². The van der Waals surface area contributed by atoms with E-state index in [1.807, 2.05) is 6.92 Å². The van der Waals surface area contributed by atoms with Crippen molar-refractivity contribution in [2.75, 3.05) is 23.8 Å². The molecule has 0 radical (unpaired) electrons. The van der Waals surface area contributed by atoms with Crippen molar-refractivity contribution in [3.05, 3.63) is 82.4 Å². The van der Waals surface area contributed by atoms with Gasteiger partial charge < -0.3 is 30.9 Å². The van der Waals surface area contributed by atoms with Crippen molar-refractivity contribution in [2.45, 2.75) is 13.5 Å². The number of benzene rings is 3. The maximum Gasteiger partial charge on any atom is 0.341 e. The molecule has 0 aliphatic heterocycles. The molecular weight excluding hydrogens is 472 g/mol. The molecule has 0 aliphatic carbocycles. The first kappa shape index (κ1) is 25.4. The first-order valence-corrected chi connectivity index (χ1v) is 11.1. The quantitative estimate of drug-likeness (QED) is 0.196. The maximum atomic E-state index is 13.1. The molecule has 0 heterocycles. The zero-order valence-electron chi connectivity index (χ0n) is 18.9. The van der Waals surface area contributed by atoms with Gasteiger partial charge in [0.05, 0.1) is 17.2 Å². The lowest BCUT2D eigenvalue weighted by Crippen LogP contribution is -2.16. The van der Waals surface area contributed by atoms with Crippen LogP contribution in [0.3, 0.4) is 0 Å². The molecule has 0 unspecified atom stereocenters. The molecule has 0 aromatic heterocycles. The third-order valence-corrected chi connectivity index (χ3v) is 5.18. The molecule has 0 bridgehead atoms. The van der Waals surface area contributed by atoms with Crippen LogP contribution in [-0.2, 0) is 11.3 Å². The molecule has 10 heteroatoms. The highest BCUT2D eigenvalue weighted by Crippen LogP contribution is 2.33. The number of carbonyl (C=O) groups is 2. The number of halogens is 1. The van der Waals surface area contributed by atoms with Gasteiger partial charge in [0.25, 0.3) is 5.91 Å². The SMILES string of the molecule is CCOc1cccc(CNc2cccc(Cl)c2C(=O)Nc2ccc(C(=N)N)cc2)c1OCC(=O)O. The predicted molar refractivity (Wildman–Crippen MR) is 135 cm³/mol. The Hall–Kier alpha value is -4.24. The van der Waals surface area contributed by atoms with E-state index in [0.717, 1.165) is 0 Å². The fourth-order valence-electron chi connectivity index (χ4n) is 3.29. The molecule has 0 fully saturated rings. The zero-order chi connectivity index (χ0) is 25.4. The maximum absolute atomic E-state index is 13.1. The van der Waals surface area contributed by atoms with E-state index in [0.29, 0.717) is 40.6 Å². The second-order valence-electron chi connectivity index (χ2n) is 7.32. The van der Waals surface area contributed by atoms with Crippen LogP contribution < -0.4 is 25.8 Å². The number of carboxylic acids is 1. The van der Waals surface area contributed by atoms with E-state index in [2.05, 4.69) is 10.6 Å². The highest BCUT2D eigenvalue weighted by Gasteiger charge is 2.18. The summed E-state index contributed by atoms with van der Waals surface area (Å²) < 4.78 is 11.1. The van der Waals surface area contributed by atoms with Crippen molar-refractivity contribution in [1.29, 1.82) is 5.41 Å². The Kier molecular flexibility index (Phi) is 8.53. The monoisotopic (exact) mass is 496 g/mol. The van der Waals surface area contributed by atoms with Crippen molar-refractivity contribution in [2.24, 2.45) is 5.73 Å². The van der Waals surface area contributed by atoms with Crippen LogP contribution in [0.4, 0.5) is 11.4 Å². The Morgan fingerprint density at radius 2 is 1.77 bits per heavy atom. The van der Waals surface area contributed by atoms with Crippen molar-refractivity contribution < 1.29 is 24.2 Å². The number of anilines is 2. The Bertz CT molecular complexity index is 1230. The van der Waals surface area contributed by atoms with Gasteiger partial charge in [-0.25, -0.2) is 4.79 Å². The molecule has 0 aliphatic rings. The summed E-state index contributed by atoms with van der Waals surface area (Å²) in [5.74, 6) is -0.881. The van der Waals surface area contributed by atoms with Gasteiger partial charge in [0.1, 0.15) is 5.84 Å². The topological polar surface area (TPSA) is 147 Å². The predicted octanol–water partition coefficient (Wildman–Crippen LogP) is 4.35. The van der Waals surface area contributed by atoms with Crippen LogP contribution in [0.2, 0.25) is 5.02 Å². The van der Waals surface area contributed by atoms with Gasteiger partial charge in [-0.1, -0.05) is 29.8 Å².